The maximum atomic E-state index is 10.7. The summed E-state index contributed by atoms with van der Waals surface area (Å²) >= 11 is 0. The van der Waals surface area contributed by atoms with E-state index in [1.54, 1.807) is 13.2 Å². The minimum atomic E-state index is -0.410. The maximum absolute atomic E-state index is 10.7. The number of benzene rings is 1. The molecule has 0 radical (unpaired) electrons. The van der Waals surface area contributed by atoms with E-state index in [1.165, 1.54) is 16.9 Å². The summed E-state index contributed by atoms with van der Waals surface area (Å²) < 4.78 is 0. The van der Waals surface area contributed by atoms with Crippen molar-refractivity contribution in [1.82, 2.24) is 15.0 Å². The van der Waals surface area contributed by atoms with Gasteiger partial charge < -0.3 is 0 Å². The quantitative estimate of drug-likeness (QED) is 0.568. The van der Waals surface area contributed by atoms with Crippen LogP contribution in [-0.2, 0) is 7.05 Å². The van der Waals surface area contributed by atoms with Crippen LogP contribution in [0.25, 0.3) is 11.3 Å². The van der Waals surface area contributed by atoms with Crippen molar-refractivity contribution in [3.63, 3.8) is 0 Å². The molecule has 6 heteroatoms. The lowest BCUT2D eigenvalue weighted by Crippen LogP contribution is -1.93. The number of nitro benzene ring substituents is 1. The van der Waals surface area contributed by atoms with E-state index in [1.807, 2.05) is 13.0 Å². The molecular weight excluding hydrogens is 208 g/mol. The van der Waals surface area contributed by atoms with Crippen LogP contribution in [-0.4, -0.2) is 19.9 Å². The molecule has 0 aliphatic rings. The first-order valence-corrected chi connectivity index (χ1v) is 4.69. The van der Waals surface area contributed by atoms with Crippen molar-refractivity contribution in [3.05, 3.63) is 40.1 Å². The Morgan fingerprint density at radius 2 is 2.12 bits per heavy atom. The lowest BCUT2D eigenvalue weighted by atomic mass is 10.1. The first-order chi connectivity index (χ1) is 7.56. The summed E-state index contributed by atoms with van der Waals surface area (Å²) in [5.41, 5.74) is 2.24. The topological polar surface area (TPSA) is 73.8 Å². The maximum Gasteiger partial charge on any atom is 0.270 e. The van der Waals surface area contributed by atoms with Gasteiger partial charge >= 0.3 is 0 Å². The van der Waals surface area contributed by atoms with Crippen LogP contribution >= 0.6 is 0 Å². The minimum absolute atomic E-state index is 0.0700. The number of aryl methyl sites for hydroxylation is 2. The van der Waals surface area contributed by atoms with Crippen LogP contribution in [0.15, 0.2) is 24.4 Å². The van der Waals surface area contributed by atoms with E-state index in [0.717, 1.165) is 5.56 Å². The van der Waals surface area contributed by atoms with Gasteiger partial charge in [0.05, 0.1) is 11.1 Å². The Morgan fingerprint density at radius 1 is 1.38 bits per heavy atom. The Hall–Kier alpha value is -2.24. The second kappa shape index (κ2) is 3.73. The molecule has 1 heterocycles. The zero-order valence-electron chi connectivity index (χ0n) is 8.91. The summed E-state index contributed by atoms with van der Waals surface area (Å²) in [6.45, 7) is 1.81. The molecule has 0 aliphatic carbocycles. The van der Waals surface area contributed by atoms with Gasteiger partial charge in [-0.05, 0) is 18.6 Å². The van der Waals surface area contributed by atoms with E-state index in [9.17, 15) is 10.1 Å². The van der Waals surface area contributed by atoms with Gasteiger partial charge in [0.15, 0.2) is 0 Å². The molecule has 6 nitrogen and oxygen atoms in total. The zero-order chi connectivity index (χ0) is 11.7. The number of hydrogen-bond acceptors (Lipinski definition) is 4. The normalized spacial score (nSPS) is 10.4. The number of rotatable bonds is 2. The van der Waals surface area contributed by atoms with Gasteiger partial charge in [-0.25, -0.2) is 0 Å². The van der Waals surface area contributed by atoms with Crippen molar-refractivity contribution in [2.75, 3.05) is 0 Å². The van der Waals surface area contributed by atoms with Crippen LogP contribution < -0.4 is 0 Å². The molecule has 1 aromatic heterocycles. The van der Waals surface area contributed by atoms with Gasteiger partial charge in [0.2, 0.25) is 0 Å². The van der Waals surface area contributed by atoms with Crippen molar-refractivity contribution >= 4 is 5.69 Å². The van der Waals surface area contributed by atoms with Crippen molar-refractivity contribution in [3.8, 4) is 11.3 Å². The zero-order valence-corrected chi connectivity index (χ0v) is 8.91. The van der Waals surface area contributed by atoms with Crippen molar-refractivity contribution < 1.29 is 4.92 Å². The van der Waals surface area contributed by atoms with Crippen molar-refractivity contribution in [1.29, 1.82) is 0 Å². The molecule has 2 aromatic rings. The van der Waals surface area contributed by atoms with Gasteiger partial charge in [-0.3, -0.25) is 10.1 Å². The Balaban J connectivity index is 2.53. The first-order valence-electron chi connectivity index (χ1n) is 4.69. The van der Waals surface area contributed by atoms with E-state index in [0.29, 0.717) is 11.3 Å². The van der Waals surface area contributed by atoms with Gasteiger partial charge in [-0.1, -0.05) is 0 Å². The highest BCUT2D eigenvalue weighted by Gasteiger charge is 2.10. The average Bonchev–Trinajstić information content (AvgIpc) is 2.64. The number of nitrogens with zero attached hydrogens (tertiary/aromatic N) is 4. The Morgan fingerprint density at radius 3 is 2.69 bits per heavy atom. The summed E-state index contributed by atoms with van der Waals surface area (Å²) in [7, 11) is 1.70. The molecule has 16 heavy (non-hydrogen) atoms. The molecule has 2 rings (SSSR count). The van der Waals surface area contributed by atoms with Crippen LogP contribution in [0.1, 0.15) is 5.56 Å². The molecule has 82 valence electrons. The third-order valence-corrected chi connectivity index (χ3v) is 2.17. The van der Waals surface area contributed by atoms with E-state index in [-0.39, 0.29) is 5.69 Å². The molecule has 0 saturated heterocycles. The Bertz CT molecular complexity index is 548. The highest BCUT2D eigenvalue weighted by atomic mass is 16.6. The van der Waals surface area contributed by atoms with Crippen LogP contribution in [0.4, 0.5) is 5.69 Å². The monoisotopic (exact) mass is 218 g/mol. The van der Waals surface area contributed by atoms with Gasteiger partial charge in [0.25, 0.3) is 5.69 Å². The molecule has 0 atom stereocenters. The van der Waals surface area contributed by atoms with Crippen molar-refractivity contribution in [2.24, 2.45) is 7.05 Å². The van der Waals surface area contributed by atoms with E-state index in [4.69, 9.17) is 0 Å². The van der Waals surface area contributed by atoms with Crippen molar-refractivity contribution in [2.45, 2.75) is 6.92 Å². The lowest BCUT2D eigenvalue weighted by Gasteiger charge is -1.99. The third-order valence-electron chi connectivity index (χ3n) is 2.17. The minimum Gasteiger partial charge on any atom is -0.258 e. The highest BCUT2D eigenvalue weighted by Crippen LogP contribution is 2.23. The second-order valence-electron chi connectivity index (χ2n) is 3.53. The van der Waals surface area contributed by atoms with Crippen LogP contribution in [0, 0.1) is 17.0 Å². The summed E-state index contributed by atoms with van der Waals surface area (Å²) in [5, 5.41) is 18.7. The summed E-state index contributed by atoms with van der Waals surface area (Å²) in [4.78, 5) is 11.7. The molecule has 0 amide bonds. The summed E-state index contributed by atoms with van der Waals surface area (Å²) in [5.74, 6) is 0. The Labute approximate surface area is 91.7 Å². The fourth-order valence-electron chi connectivity index (χ4n) is 1.49. The average molecular weight is 218 g/mol. The van der Waals surface area contributed by atoms with Gasteiger partial charge in [-0.2, -0.15) is 15.0 Å². The molecule has 0 bridgehead atoms. The molecular formula is C10H10N4O2. The molecule has 0 saturated carbocycles. The van der Waals surface area contributed by atoms with E-state index >= 15 is 0 Å². The van der Waals surface area contributed by atoms with Crippen LogP contribution in [0.3, 0.4) is 0 Å². The van der Waals surface area contributed by atoms with Gasteiger partial charge in [0.1, 0.15) is 5.69 Å². The predicted octanol–water partition coefficient (Wildman–Crippen LogP) is 1.70. The molecule has 0 unspecified atom stereocenters. The number of hydrogen-bond donors (Lipinski definition) is 0. The molecule has 0 fully saturated rings. The first kappa shape index (κ1) is 10.3. The number of non-ortho nitro benzene ring substituents is 1. The van der Waals surface area contributed by atoms with Gasteiger partial charge in [-0.15, -0.1) is 0 Å². The fourth-order valence-corrected chi connectivity index (χ4v) is 1.49. The largest absolute Gasteiger partial charge is 0.270 e. The van der Waals surface area contributed by atoms with Crippen LogP contribution in [0.5, 0.6) is 0 Å². The SMILES string of the molecule is Cc1cc(-c2cnn(C)n2)cc([N+](=O)[O-])c1. The highest BCUT2D eigenvalue weighted by molar-refractivity contribution is 5.62. The fraction of sp³-hybridized carbons (Fsp3) is 0.200. The number of aromatic nitrogens is 3. The van der Waals surface area contributed by atoms with Gasteiger partial charge in [0, 0.05) is 24.7 Å². The molecule has 0 aliphatic heterocycles. The smallest absolute Gasteiger partial charge is 0.258 e. The third kappa shape index (κ3) is 1.90. The lowest BCUT2D eigenvalue weighted by molar-refractivity contribution is -0.384. The standard InChI is InChI=1S/C10H10N4O2/c1-7-3-8(5-9(4-7)14(15)16)10-6-11-13(2)12-10/h3-6H,1-2H3. The van der Waals surface area contributed by atoms with Crippen LogP contribution in [0.2, 0.25) is 0 Å². The molecule has 0 spiro atoms. The molecule has 0 N–H and O–H groups in total. The Kier molecular flexibility index (Phi) is 2.40. The second-order valence-corrected chi connectivity index (χ2v) is 3.53. The van der Waals surface area contributed by atoms with E-state index < -0.39 is 4.92 Å². The number of nitro groups is 1. The van der Waals surface area contributed by atoms with E-state index in [2.05, 4.69) is 10.2 Å². The molecule has 1 aromatic carbocycles. The summed E-state index contributed by atoms with van der Waals surface area (Å²) in [6, 6.07) is 4.87. The summed E-state index contributed by atoms with van der Waals surface area (Å²) in [6.07, 6.45) is 1.58. The predicted molar refractivity (Wildman–Crippen MR) is 57.8 cm³/mol.